The Balaban J connectivity index is 2.42. The highest BCUT2D eigenvalue weighted by molar-refractivity contribution is 5.64. The lowest BCUT2D eigenvalue weighted by Crippen LogP contribution is -2.18. The first kappa shape index (κ1) is 15.4. The average Bonchev–Trinajstić information content (AvgIpc) is 2.46. The minimum Gasteiger partial charge on any atom is -0.342 e. The van der Waals surface area contributed by atoms with Crippen molar-refractivity contribution in [3.05, 3.63) is 47.5 Å². The van der Waals surface area contributed by atoms with Crippen molar-refractivity contribution in [2.24, 2.45) is 0 Å². The van der Waals surface area contributed by atoms with Gasteiger partial charge in [0.2, 0.25) is 0 Å². The van der Waals surface area contributed by atoms with Crippen molar-refractivity contribution < 1.29 is 0 Å². The monoisotopic (exact) mass is 284 g/mol. The van der Waals surface area contributed by atoms with Crippen LogP contribution in [0.2, 0.25) is 0 Å². The predicted molar refractivity (Wildman–Crippen MR) is 88.1 cm³/mol. The molecule has 0 aliphatic heterocycles. The molecule has 4 nitrogen and oxygen atoms in total. The van der Waals surface area contributed by atoms with E-state index >= 15 is 0 Å². The molecule has 0 bridgehead atoms. The topological polar surface area (TPSA) is 41.1 Å². The van der Waals surface area contributed by atoms with Crippen molar-refractivity contribution in [2.45, 2.75) is 33.2 Å². The summed E-state index contributed by atoms with van der Waals surface area (Å²) in [6.07, 6.45) is 1.93. The van der Waals surface area contributed by atoms with Gasteiger partial charge in [-0.05, 0) is 31.7 Å². The highest BCUT2D eigenvalue weighted by atomic mass is 15.1. The largest absolute Gasteiger partial charge is 0.342 e. The van der Waals surface area contributed by atoms with Crippen molar-refractivity contribution in [3.8, 4) is 0 Å². The van der Waals surface area contributed by atoms with Gasteiger partial charge < -0.3 is 10.2 Å². The molecule has 0 amide bonds. The van der Waals surface area contributed by atoms with Crippen LogP contribution in [0.4, 0.5) is 11.4 Å². The molecule has 4 heteroatoms. The van der Waals surface area contributed by atoms with Crippen LogP contribution >= 0.6 is 0 Å². The smallest absolute Gasteiger partial charge is 0.131 e. The Hall–Kier alpha value is -1.94. The van der Waals surface area contributed by atoms with Gasteiger partial charge in [-0.25, -0.2) is 9.97 Å². The van der Waals surface area contributed by atoms with Gasteiger partial charge in [-0.1, -0.05) is 26.0 Å². The summed E-state index contributed by atoms with van der Waals surface area (Å²) >= 11 is 0. The molecular formula is C17H24N4. The standard InChI is InChI=1S/C17H24N4/c1-12(2)17-19-11-16(15(20-17)10-18-4)21(5)14-8-6-7-13(3)9-14/h6-9,11-12,18H,10H2,1-5H3. The van der Waals surface area contributed by atoms with E-state index in [0.717, 1.165) is 29.4 Å². The zero-order valence-corrected chi connectivity index (χ0v) is 13.5. The Morgan fingerprint density at radius 2 is 2.05 bits per heavy atom. The first-order valence-electron chi connectivity index (χ1n) is 7.33. The summed E-state index contributed by atoms with van der Waals surface area (Å²) in [5.74, 6) is 1.22. The number of benzene rings is 1. The zero-order chi connectivity index (χ0) is 15.4. The van der Waals surface area contributed by atoms with E-state index in [2.05, 4.69) is 67.3 Å². The molecule has 0 aliphatic rings. The van der Waals surface area contributed by atoms with E-state index in [1.807, 2.05) is 13.2 Å². The number of anilines is 2. The van der Waals surface area contributed by atoms with Crippen molar-refractivity contribution in [2.75, 3.05) is 19.0 Å². The van der Waals surface area contributed by atoms with Crippen LogP contribution in [0.1, 0.15) is 36.8 Å². The highest BCUT2D eigenvalue weighted by Gasteiger charge is 2.13. The van der Waals surface area contributed by atoms with Gasteiger partial charge in [-0.3, -0.25) is 0 Å². The zero-order valence-electron chi connectivity index (χ0n) is 13.5. The molecule has 0 aliphatic carbocycles. The fourth-order valence-electron chi connectivity index (χ4n) is 2.26. The summed E-state index contributed by atoms with van der Waals surface area (Å²) in [6, 6.07) is 8.44. The number of rotatable bonds is 5. The number of hydrogen-bond donors (Lipinski definition) is 1. The molecule has 0 fully saturated rings. The minimum atomic E-state index is 0.332. The fourth-order valence-corrected chi connectivity index (χ4v) is 2.26. The molecule has 0 radical (unpaired) electrons. The van der Waals surface area contributed by atoms with Gasteiger partial charge in [0.1, 0.15) is 5.82 Å². The SMILES string of the molecule is CNCc1nc(C(C)C)ncc1N(C)c1cccc(C)c1. The summed E-state index contributed by atoms with van der Waals surface area (Å²) in [6.45, 7) is 7.06. The molecule has 1 heterocycles. The highest BCUT2D eigenvalue weighted by Crippen LogP contribution is 2.27. The first-order valence-corrected chi connectivity index (χ1v) is 7.33. The molecular weight excluding hydrogens is 260 g/mol. The molecule has 2 rings (SSSR count). The summed E-state index contributed by atoms with van der Waals surface area (Å²) in [4.78, 5) is 11.4. The van der Waals surface area contributed by atoms with E-state index in [9.17, 15) is 0 Å². The van der Waals surface area contributed by atoms with Gasteiger partial charge in [0.05, 0.1) is 17.6 Å². The van der Waals surface area contributed by atoms with Crippen molar-refractivity contribution in [1.29, 1.82) is 0 Å². The molecule has 1 aromatic carbocycles. The molecule has 112 valence electrons. The quantitative estimate of drug-likeness (QED) is 0.913. The lowest BCUT2D eigenvalue weighted by atomic mass is 10.1. The maximum atomic E-state index is 4.72. The third kappa shape index (κ3) is 3.58. The van der Waals surface area contributed by atoms with E-state index in [-0.39, 0.29) is 0 Å². The molecule has 1 aromatic heterocycles. The van der Waals surface area contributed by atoms with E-state index in [4.69, 9.17) is 4.98 Å². The van der Waals surface area contributed by atoms with Gasteiger partial charge in [-0.2, -0.15) is 0 Å². The van der Waals surface area contributed by atoms with Crippen LogP contribution in [0.3, 0.4) is 0 Å². The minimum absolute atomic E-state index is 0.332. The second-order valence-electron chi connectivity index (χ2n) is 5.64. The molecule has 21 heavy (non-hydrogen) atoms. The summed E-state index contributed by atoms with van der Waals surface area (Å²) in [5.41, 5.74) is 4.46. The van der Waals surface area contributed by atoms with E-state index in [1.54, 1.807) is 0 Å². The summed E-state index contributed by atoms with van der Waals surface area (Å²) in [7, 11) is 4.00. The lowest BCUT2D eigenvalue weighted by molar-refractivity contribution is 0.725. The van der Waals surface area contributed by atoms with Gasteiger partial charge in [0.25, 0.3) is 0 Å². The second kappa shape index (κ2) is 6.68. The van der Waals surface area contributed by atoms with E-state index in [0.29, 0.717) is 5.92 Å². The van der Waals surface area contributed by atoms with E-state index in [1.165, 1.54) is 5.56 Å². The maximum Gasteiger partial charge on any atom is 0.131 e. The number of hydrogen-bond acceptors (Lipinski definition) is 4. The van der Waals surface area contributed by atoms with E-state index < -0.39 is 0 Å². The van der Waals surface area contributed by atoms with Gasteiger partial charge in [-0.15, -0.1) is 0 Å². The predicted octanol–water partition coefficient (Wildman–Crippen LogP) is 3.40. The Morgan fingerprint density at radius 3 is 2.67 bits per heavy atom. The number of nitrogens with zero attached hydrogens (tertiary/aromatic N) is 3. The van der Waals surface area contributed by atoms with Crippen LogP contribution < -0.4 is 10.2 Å². The molecule has 1 N–H and O–H groups in total. The molecule has 0 saturated heterocycles. The Kier molecular flexibility index (Phi) is 4.91. The lowest BCUT2D eigenvalue weighted by Gasteiger charge is -2.23. The first-order chi connectivity index (χ1) is 10.0. The average molecular weight is 284 g/mol. The van der Waals surface area contributed by atoms with Crippen molar-refractivity contribution in [1.82, 2.24) is 15.3 Å². The second-order valence-corrected chi connectivity index (χ2v) is 5.64. The van der Waals surface area contributed by atoms with Crippen LogP contribution in [0, 0.1) is 6.92 Å². The van der Waals surface area contributed by atoms with Crippen LogP contribution in [0.25, 0.3) is 0 Å². The summed E-state index contributed by atoms with van der Waals surface area (Å²) in [5, 5.41) is 3.19. The number of aromatic nitrogens is 2. The van der Waals surface area contributed by atoms with Crippen molar-refractivity contribution >= 4 is 11.4 Å². The van der Waals surface area contributed by atoms with Crippen LogP contribution in [0.15, 0.2) is 30.5 Å². The van der Waals surface area contributed by atoms with Crippen LogP contribution in [-0.2, 0) is 6.54 Å². The van der Waals surface area contributed by atoms with Crippen LogP contribution in [0.5, 0.6) is 0 Å². The molecule has 2 aromatic rings. The molecule has 0 spiro atoms. The van der Waals surface area contributed by atoms with Gasteiger partial charge in [0, 0.05) is 25.2 Å². The maximum absolute atomic E-state index is 4.72. The fraction of sp³-hybridized carbons (Fsp3) is 0.412. The third-order valence-corrected chi connectivity index (χ3v) is 3.48. The molecule has 0 saturated carbocycles. The van der Waals surface area contributed by atoms with Crippen LogP contribution in [-0.4, -0.2) is 24.1 Å². The Bertz CT molecular complexity index is 607. The molecule has 0 unspecified atom stereocenters. The van der Waals surface area contributed by atoms with Gasteiger partial charge in [0.15, 0.2) is 0 Å². The molecule has 0 atom stereocenters. The number of aryl methyl sites for hydroxylation is 1. The van der Waals surface area contributed by atoms with Crippen molar-refractivity contribution in [3.63, 3.8) is 0 Å². The third-order valence-electron chi connectivity index (χ3n) is 3.48. The summed E-state index contributed by atoms with van der Waals surface area (Å²) < 4.78 is 0. The normalized spacial score (nSPS) is 11.0. The number of nitrogens with one attached hydrogen (secondary N) is 1. The Labute approximate surface area is 127 Å². The Morgan fingerprint density at radius 1 is 1.29 bits per heavy atom. The van der Waals surface area contributed by atoms with Gasteiger partial charge >= 0.3 is 0 Å².